The van der Waals surface area contributed by atoms with Gasteiger partial charge < -0.3 is 10.2 Å². The standard InChI is InChI=1S/C15H16N4O5S/c1-18(2)15(20)16-13-5-3-4-6-14(13)17-25(23,24)12-9-7-11(8-10-12)19(21)22/h3-10,17H,1-2H3,(H,16,20). The van der Waals surface area contributed by atoms with Gasteiger partial charge in [0.15, 0.2) is 0 Å². The summed E-state index contributed by atoms with van der Waals surface area (Å²) in [5, 5.41) is 13.2. The summed E-state index contributed by atoms with van der Waals surface area (Å²) in [4.78, 5) is 23.0. The highest BCUT2D eigenvalue weighted by molar-refractivity contribution is 7.92. The van der Waals surface area contributed by atoms with Crippen molar-refractivity contribution < 1.29 is 18.1 Å². The zero-order valence-corrected chi connectivity index (χ0v) is 14.3. The van der Waals surface area contributed by atoms with E-state index in [1.54, 1.807) is 32.3 Å². The van der Waals surface area contributed by atoms with Gasteiger partial charge in [-0.05, 0) is 24.3 Å². The van der Waals surface area contributed by atoms with E-state index in [1.165, 1.54) is 11.0 Å². The molecule has 0 unspecified atom stereocenters. The number of non-ortho nitro benzene ring substituents is 1. The van der Waals surface area contributed by atoms with Gasteiger partial charge in [-0.3, -0.25) is 14.8 Å². The Hall–Kier alpha value is -3.14. The molecule has 0 radical (unpaired) electrons. The van der Waals surface area contributed by atoms with Crippen molar-refractivity contribution in [3.8, 4) is 0 Å². The normalized spacial score (nSPS) is 10.8. The monoisotopic (exact) mass is 364 g/mol. The average molecular weight is 364 g/mol. The van der Waals surface area contributed by atoms with Crippen LogP contribution in [0.4, 0.5) is 21.9 Å². The van der Waals surface area contributed by atoms with Crippen LogP contribution in [0, 0.1) is 10.1 Å². The van der Waals surface area contributed by atoms with Crippen molar-refractivity contribution in [2.75, 3.05) is 24.1 Å². The predicted molar refractivity (Wildman–Crippen MR) is 93.1 cm³/mol. The minimum atomic E-state index is -3.97. The molecule has 2 amide bonds. The van der Waals surface area contributed by atoms with Crippen molar-refractivity contribution in [1.82, 2.24) is 4.90 Å². The molecule has 0 saturated carbocycles. The molecule has 2 N–H and O–H groups in total. The number of nitrogens with one attached hydrogen (secondary N) is 2. The number of anilines is 2. The quantitative estimate of drug-likeness (QED) is 0.623. The first kappa shape index (κ1) is 18.2. The van der Waals surface area contributed by atoms with Crippen LogP contribution in [0.15, 0.2) is 53.4 Å². The lowest BCUT2D eigenvalue weighted by Gasteiger charge is -2.16. The van der Waals surface area contributed by atoms with Crippen LogP contribution in [0.25, 0.3) is 0 Å². The molecule has 2 aromatic carbocycles. The second kappa shape index (κ2) is 7.18. The highest BCUT2D eigenvalue weighted by Crippen LogP contribution is 2.25. The first-order chi connectivity index (χ1) is 11.7. The molecule has 2 rings (SSSR count). The number of amides is 2. The van der Waals surface area contributed by atoms with Crippen LogP contribution < -0.4 is 10.0 Å². The maximum absolute atomic E-state index is 12.5. The summed E-state index contributed by atoms with van der Waals surface area (Å²) >= 11 is 0. The third-order valence-corrected chi connectivity index (χ3v) is 4.56. The van der Waals surface area contributed by atoms with Gasteiger partial charge in [0.2, 0.25) is 0 Å². The summed E-state index contributed by atoms with van der Waals surface area (Å²) in [7, 11) is -0.863. The second-order valence-electron chi connectivity index (χ2n) is 5.23. The average Bonchev–Trinajstić information content (AvgIpc) is 2.56. The molecule has 0 aliphatic carbocycles. The van der Waals surface area contributed by atoms with E-state index in [-0.39, 0.29) is 22.0 Å². The Balaban J connectivity index is 2.29. The Morgan fingerprint density at radius 3 is 2.12 bits per heavy atom. The van der Waals surface area contributed by atoms with Crippen molar-refractivity contribution in [1.29, 1.82) is 0 Å². The fourth-order valence-corrected chi connectivity index (χ4v) is 2.94. The first-order valence-electron chi connectivity index (χ1n) is 7.05. The van der Waals surface area contributed by atoms with Gasteiger partial charge in [-0.2, -0.15) is 0 Å². The van der Waals surface area contributed by atoms with E-state index < -0.39 is 21.0 Å². The molecule has 0 aromatic heterocycles. The summed E-state index contributed by atoms with van der Waals surface area (Å²) in [5.41, 5.74) is 0.250. The van der Waals surface area contributed by atoms with Crippen LogP contribution >= 0.6 is 0 Å². The lowest BCUT2D eigenvalue weighted by molar-refractivity contribution is -0.384. The molecule has 10 heteroatoms. The van der Waals surface area contributed by atoms with E-state index in [9.17, 15) is 23.3 Å². The van der Waals surface area contributed by atoms with Crippen LogP contribution in [0.1, 0.15) is 0 Å². The molecular weight excluding hydrogens is 348 g/mol. The van der Waals surface area contributed by atoms with Crippen LogP contribution in [0.5, 0.6) is 0 Å². The molecule has 9 nitrogen and oxygen atoms in total. The Morgan fingerprint density at radius 1 is 1.04 bits per heavy atom. The Kier molecular flexibility index (Phi) is 5.22. The van der Waals surface area contributed by atoms with Gasteiger partial charge in [-0.25, -0.2) is 13.2 Å². The lowest BCUT2D eigenvalue weighted by Crippen LogP contribution is -2.28. The molecule has 132 valence electrons. The number of benzene rings is 2. The van der Waals surface area contributed by atoms with Gasteiger partial charge in [0.1, 0.15) is 0 Å². The maximum Gasteiger partial charge on any atom is 0.321 e. The van der Waals surface area contributed by atoms with Gasteiger partial charge in [-0.15, -0.1) is 0 Å². The fraction of sp³-hybridized carbons (Fsp3) is 0.133. The molecule has 2 aromatic rings. The Labute approximate surface area is 144 Å². The van der Waals surface area contributed by atoms with Gasteiger partial charge in [0, 0.05) is 26.2 Å². The highest BCUT2D eigenvalue weighted by Gasteiger charge is 2.18. The lowest BCUT2D eigenvalue weighted by atomic mass is 10.3. The van der Waals surface area contributed by atoms with E-state index in [1.807, 2.05) is 0 Å². The van der Waals surface area contributed by atoms with Crippen molar-refractivity contribution in [2.24, 2.45) is 0 Å². The number of nitrogens with zero attached hydrogens (tertiary/aromatic N) is 2. The number of urea groups is 1. The number of para-hydroxylation sites is 2. The van der Waals surface area contributed by atoms with E-state index in [4.69, 9.17) is 0 Å². The molecule has 0 atom stereocenters. The molecule has 25 heavy (non-hydrogen) atoms. The number of rotatable bonds is 5. The third kappa shape index (κ3) is 4.44. The van der Waals surface area contributed by atoms with Crippen molar-refractivity contribution in [3.05, 3.63) is 58.6 Å². The van der Waals surface area contributed by atoms with E-state index in [0.717, 1.165) is 24.3 Å². The van der Waals surface area contributed by atoms with Gasteiger partial charge in [0.05, 0.1) is 21.2 Å². The molecule has 0 aliphatic rings. The highest BCUT2D eigenvalue weighted by atomic mass is 32.2. The van der Waals surface area contributed by atoms with Crippen molar-refractivity contribution in [3.63, 3.8) is 0 Å². The third-order valence-electron chi connectivity index (χ3n) is 3.18. The minimum absolute atomic E-state index is 0.133. The van der Waals surface area contributed by atoms with Gasteiger partial charge >= 0.3 is 6.03 Å². The molecule has 0 spiro atoms. The Morgan fingerprint density at radius 2 is 1.60 bits per heavy atom. The summed E-state index contributed by atoms with van der Waals surface area (Å²) < 4.78 is 27.3. The number of nitro groups is 1. The van der Waals surface area contributed by atoms with E-state index in [0.29, 0.717) is 0 Å². The molecule has 0 bridgehead atoms. The summed E-state index contributed by atoms with van der Waals surface area (Å²) in [6, 6.07) is 10.4. The number of hydrogen-bond acceptors (Lipinski definition) is 5. The zero-order valence-electron chi connectivity index (χ0n) is 13.5. The van der Waals surface area contributed by atoms with Crippen LogP contribution in [-0.2, 0) is 10.0 Å². The topological polar surface area (TPSA) is 122 Å². The predicted octanol–water partition coefficient (Wildman–Crippen LogP) is 2.49. The van der Waals surface area contributed by atoms with Gasteiger partial charge in [-0.1, -0.05) is 12.1 Å². The largest absolute Gasteiger partial charge is 0.331 e. The summed E-state index contributed by atoms with van der Waals surface area (Å²) in [6.07, 6.45) is 0. The second-order valence-corrected chi connectivity index (χ2v) is 6.91. The molecule has 0 heterocycles. The molecular formula is C15H16N4O5S. The van der Waals surface area contributed by atoms with E-state index in [2.05, 4.69) is 10.0 Å². The van der Waals surface area contributed by atoms with Crippen molar-refractivity contribution >= 4 is 33.1 Å². The fourth-order valence-electron chi connectivity index (χ4n) is 1.86. The van der Waals surface area contributed by atoms with Gasteiger partial charge in [0.25, 0.3) is 15.7 Å². The smallest absolute Gasteiger partial charge is 0.321 e. The molecule has 0 saturated heterocycles. The van der Waals surface area contributed by atoms with Crippen LogP contribution in [0.3, 0.4) is 0 Å². The SMILES string of the molecule is CN(C)C(=O)Nc1ccccc1NS(=O)(=O)c1ccc([N+](=O)[O-])cc1. The maximum atomic E-state index is 12.5. The number of nitro benzene ring substituents is 1. The Bertz CT molecular complexity index is 894. The van der Waals surface area contributed by atoms with E-state index >= 15 is 0 Å². The molecule has 0 aliphatic heterocycles. The van der Waals surface area contributed by atoms with Crippen LogP contribution in [0.2, 0.25) is 0 Å². The summed E-state index contributed by atoms with van der Waals surface area (Å²) in [6.45, 7) is 0. The number of carbonyl (C=O) groups excluding carboxylic acids is 1. The number of hydrogen-bond donors (Lipinski definition) is 2. The molecule has 0 fully saturated rings. The summed E-state index contributed by atoms with van der Waals surface area (Å²) in [5.74, 6) is 0. The number of sulfonamides is 1. The van der Waals surface area contributed by atoms with Crippen molar-refractivity contribution in [2.45, 2.75) is 4.90 Å². The van der Waals surface area contributed by atoms with Crippen LogP contribution in [-0.4, -0.2) is 38.4 Å². The first-order valence-corrected chi connectivity index (χ1v) is 8.53. The number of carbonyl (C=O) groups is 1. The zero-order chi connectivity index (χ0) is 18.6. The minimum Gasteiger partial charge on any atom is -0.331 e.